The zero-order valence-electron chi connectivity index (χ0n) is 10.0. The molecule has 0 aliphatic rings. The van der Waals surface area contributed by atoms with Crippen LogP contribution < -0.4 is 0 Å². The molecule has 0 aliphatic carbocycles. The van der Waals surface area contributed by atoms with Gasteiger partial charge in [0.1, 0.15) is 5.75 Å². The third kappa shape index (κ3) is 3.06. The van der Waals surface area contributed by atoms with Gasteiger partial charge in [-0.05, 0) is 36.0 Å². The van der Waals surface area contributed by atoms with Crippen LogP contribution in [0.4, 0.5) is 0 Å². The van der Waals surface area contributed by atoms with Gasteiger partial charge in [-0.25, -0.2) is 0 Å². The minimum absolute atomic E-state index is 0.353. The van der Waals surface area contributed by atoms with Crippen molar-refractivity contribution in [2.45, 2.75) is 12.8 Å². The largest absolute Gasteiger partial charge is 0.507 e. The van der Waals surface area contributed by atoms with E-state index in [9.17, 15) is 5.11 Å². The fraction of sp³-hybridized carbons (Fsp3) is 0.200. The van der Waals surface area contributed by atoms with E-state index in [-0.39, 0.29) is 0 Å². The molecule has 2 rings (SSSR count). The highest BCUT2D eigenvalue weighted by Gasteiger charge is 2.08. The van der Waals surface area contributed by atoms with Crippen molar-refractivity contribution in [1.82, 2.24) is 0 Å². The zero-order chi connectivity index (χ0) is 12.8. The van der Waals surface area contributed by atoms with Gasteiger partial charge in [-0.3, -0.25) is 0 Å². The number of aromatic hydroxyl groups is 1. The van der Waals surface area contributed by atoms with E-state index in [4.69, 9.17) is 4.55 Å². The molecule has 3 heteroatoms. The Morgan fingerprint density at radius 2 is 1.72 bits per heavy atom. The second kappa shape index (κ2) is 6.47. The molecule has 0 atom stereocenters. The second-order valence-electron chi connectivity index (χ2n) is 4.12. The summed E-state index contributed by atoms with van der Waals surface area (Å²) in [5.74, 6) is 1.04. The van der Waals surface area contributed by atoms with E-state index >= 15 is 0 Å². The quantitative estimate of drug-likeness (QED) is 0.625. The molecule has 0 spiro atoms. The standard InChI is InChI=1S/C15H16O2S/c16-15-13(9-5-11-18-17)8-4-10-14(15)12-6-2-1-3-7-12/h1-4,6-8,10,16-17H,5,9,11H2. The van der Waals surface area contributed by atoms with Crippen LogP contribution in [0.3, 0.4) is 0 Å². The molecule has 0 bridgehead atoms. The van der Waals surface area contributed by atoms with Gasteiger partial charge < -0.3 is 9.66 Å². The summed E-state index contributed by atoms with van der Waals surface area (Å²) < 4.78 is 8.70. The van der Waals surface area contributed by atoms with E-state index in [0.717, 1.165) is 41.6 Å². The first-order valence-corrected chi connectivity index (χ1v) is 6.90. The molecule has 0 aliphatic heterocycles. The van der Waals surface area contributed by atoms with Crippen LogP contribution in [0.1, 0.15) is 12.0 Å². The molecule has 0 radical (unpaired) electrons. The molecule has 0 saturated heterocycles. The summed E-state index contributed by atoms with van der Waals surface area (Å²) in [6.07, 6.45) is 1.63. The lowest BCUT2D eigenvalue weighted by Crippen LogP contribution is -1.90. The summed E-state index contributed by atoms with van der Waals surface area (Å²) in [6.45, 7) is 0. The van der Waals surface area contributed by atoms with Crippen molar-refractivity contribution in [2.75, 3.05) is 5.75 Å². The lowest BCUT2D eigenvalue weighted by Gasteiger charge is -2.09. The molecule has 2 aromatic carbocycles. The predicted octanol–water partition coefficient (Wildman–Crippen LogP) is 4.20. The third-order valence-corrected chi connectivity index (χ3v) is 3.36. The van der Waals surface area contributed by atoms with Gasteiger partial charge >= 0.3 is 0 Å². The highest BCUT2D eigenvalue weighted by molar-refractivity contribution is 7.93. The summed E-state index contributed by atoms with van der Waals surface area (Å²) in [5, 5.41) is 10.3. The molecular weight excluding hydrogens is 244 g/mol. The molecule has 94 valence electrons. The summed E-state index contributed by atoms with van der Waals surface area (Å²) in [5.41, 5.74) is 2.82. The van der Waals surface area contributed by atoms with Crippen LogP contribution in [0.15, 0.2) is 48.5 Å². The minimum Gasteiger partial charge on any atom is -0.507 e. The van der Waals surface area contributed by atoms with Crippen molar-refractivity contribution in [3.63, 3.8) is 0 Å². The van der Waals surface area contributed by atoms with Gasteiger partial charge in [0.05, 0.1) is 0 Å². The molecule has 18 heavy (non-hydrogen) atoms. The van der Waals surface area contributed by atoms with Crippen molar-refractivity contribution in [3.05, 3.63) is 54.1 Å². The second-order valence-corrected chi connectivity index (χ2v) is 4.78. The number of hydrogen-bond donors (Lipinski definition) is 2. The van der Waals surface area contributed by atoms with Crippen molar-refractivity contribution < 1.29 is 9.66 Å². The Balaban J connectivity index is 2.25. The maximum Gasteiger partial charge on any atom is 0.126 e. The Hall–Kier alpha value is -1.45. The molecule has 0 heterocycles. The average molecular weight is 260 g/mol. The first kappa shape index (κ1) is 13.0. The molecule has 0 amide bonds. The van der Waals surface area contributed by atoms with Crippen LogP contribution in [0.2, 0.25) is 0 Å². The molecule has 2 N–H and O–H groups in total. The van der Waals surface area contributed by atoms with Crippen LogP contribution in [0.25, 0.3) is 11.1 Å². The van der Waals surface area contributed by atoms with Crippen LogP contribution in [0.5, 0.6) is 5.75 Å². The zero-order valence-corrected chi connectivity index (χ0v) is 10.9. The smallest absolute Gasteiger partial charge is 0.126 e. The number of para-hydroxylation sites is 1. The van der Waals surface area contributed by atoms with Crippen LogP contribution in [-0.2, 0) is 6.42 Å². The highest BCUT2D eigenvalue weighted by atomic mass is 32.2. The summed E-state index contributed by atoms with van der Waals surface area (Å²) in [4.78, 5) is 0. The topological polar surface area (TPSA) is 40.5 Å². The lowest BCUT2D eigenvalue weighted by molar-refractivity contribution is 0.469. The fourth-order valence-corrected chi connectivity index (χ4v) is 2.24. The summed E-state index contributed by atoms with van der Waals surface area (Å²) in [7, 11) is 0. The third-order valence-electron chi connectivity index (χ3n) is 2.89. The fourth-order valence-electron chi connectivity index (χ4n) is 1.97. The van der Waals surface area contributed by atoms with Crippen LogP contribution in [0, 0.1) is 0 Å². The van der Waals surface area contributed by atoms with E-state index in [2.05, 4.69) is 0 Å². The molecule has 0 unspecified atom stereocenters. The average Bonchev–Trinajstić information content (AvgIpc) is 2.42. The monoisotopic (exact) mass is 260 g/mol. The number of phenolic OH excluding ortho intramolecular Hbond substituents is 1. The van der Waals surface area contributed by atoms with Gasteiger partial charge in [-0.2, -0.15) is 0 Å². The van der Waals surface area contributed by atoms with E-state index in [1.165, 1.54) is 0 Å². The number of aryl methyl sites for hydroxylation is 1. The van der Waals surface area contributed by atoms with Crippen molar-refractivity contribution in [1.29, 1.82) is 0 Å². The molecule has 2 aromatic rings. The highest BCUT2D eigenvalue weighted by Crippen LogP contribution is 2.32. The van der Waals surface area contributed by atoms with Gasteiger partial charge in [0.15, 0.2) is 0 Å². The summed E-state index contributed by atoms with van der Waals surface area (Å²) in [6, 6.07) is 15.7. The van der Waals surface area contributed by atoms with E-state index < -0.39 is 0 Å². The van der Waals surface area contributed by atoms with Crippen molar-refractivity contribution >= 4 is 12.0 Å². The van der Waals surface area contributed by atoms with Crippen molar-refractivity contribution in [2.24, 2.45) is 0 Å². The maximum atomic E-state index is 10.3. The first-order valence-electron chi connectivity index (χ1n) is 5.95. The molecule has 0 fully saturated rings. The van der Waals surface area contributed by atoms with Gasteiger partial charge in [0.2, 0.25) is 0 Å². The predicted molar refractivity (Wildman–Crippen MR) is 77.0 cm³/mol. The van der Waals surface area contributed by atoms with Gasteiger partial charge in [0.25, 0.3) is 0 Å². The van der Waals surface area contributed by atoms with Gasteiger partial charge in [-0.15, -0.1) is 0 Å². The lowest BCUT2D eigenvalue weighted by atomic mass is 9.99. The van der Waals surface area contributed by atoms with E-state index in [0.29, 0.717) is 11.5 Å². The Morgan fingerprint density at radius 1 is 0.944 bits per heavy atom. The Bertz CT molecular complexity index is 497. The van der Waals surface area contributed by atoms with Gasteiger partial charge in [-0.1, -0.05) is 48.5 Å². The number of hydrogen-bond acceptors (Lipinski definition) is 3. The Labute approximate surface area is 112 Å². The number of rotatable bonds is 5. The SMILES string of the molecule is OSCCCc1cccc(-c2ccccc2)c1O. The van der Waals surface area contributed by atoms with Crippen LogP contribution >= 0.6 is 12.0 Å². The molecule has 2 nitrogen and oxygen atoms in total. The number of benzene rings is 2. The first-order chi connectivity index (χ1) is 8.83. The maximum absolute atomic E-state index is 10.3. The van der Waals surface area contributed by atoms with Crippen molar-refractivity contribution in [3.8, 4) is 16.9 Å². The van der Waals surface area contributed by atoms with E-state index in [1.807, 2.05) is 48.5 Å². The normalized spacial score (nSPS) is 10.5. The van der Waals surface area contributed by atoms with Crippen LogP contribution in [-0.4, -0.2) is 15.4 Å². The number of phenols is 1. The molecular formula is C15H16O2S. The Morgan fingerprint density at radius 3 is 2.44 bits per heavy atom. The minimum atomic E-state index is 0.353. The van der Waals surface area contributed by atoms with Gasteiger partial charge in [0, 0.05) is 11.3 Å². The van der Waals surface area contributed by atoms with E-state index in [1.54, 1.807) is 0 Å². The summed E-state index contributed by atoms with van der Waals surface area (Å²) >= 11 is 0.846. The molecule has 0 saturated carbocycles. The molecule has 0 aromatic heterocycles. The Kier molecular flexibility index (Phi) is 4.67.